The molecule has 0 spiro atoms. The molecule has 154 valence electrons. The Morgan fingerprint density at radius 2 is 1.96 bits per heavy atom. The van der Waals surface area contributed by atoms with Crippen LogP contribution in [0.25, 0.3) is 0 Å². The Bertz CT molecular complexity index is 667. The molecule has 1 saturated carbocycles. The molecule has 2 amide bonds. The molecule has 0 bridgehead atoms. The molecular weight excluding hydrogens is 360 g/mol. The van der Waals surface area contributed by atoms with E-state index < -0.39 is 5.97 Å². The summed E-state index contributed by atoms with van der Waals surface area (Å²) in [5.74, 6) is -0.264. The van der Waals surface area contributed by atoms with Crippen LogP contribution in [0.2, 0.25) is 0 Å². The SMILES string of the molecule is COc1ccccc1CN(CC1CCCO1)C(=O)NC1CCC(C(=O)O)CC1. The highest BCUT2D eigenvalue weighted by Gasteiger charge is 2.29. The number of nitrogens with zero attached hydrogens (tertiary/aromatic N) is 1. The quantitative estimate of drug-likeness (QED) is 0.747. The molecule has 2 aliphatic rings. The first-order valence-electron chi connectivity index (χ1n) is 10.1. The number of aliphatic carboxylic acids is 1. The fourth-order valence-corrected chi connectivity index (χ4v) is 4.04. The normalized spacial score (nSPS) is 24.5. The Morgan fingerprint density at radius 3 is 2.61 bits per heavy atom. The first kappa shape index (κ1) is 20.5. The molecule has 7 nitrogen and oxygen atoms in total. The van der Waals surface area contributed by atoms with Crippen LogP contribution >= 0.6 is 0 Å². The Labute approximate surface area is 166 Å². The Kier molecular flexibility index (Phi) is 7.14. The van der Waals surface area contributed by atoms with Crippen molar-refractivity contribution in [1.29, 1.82) is 0 Å². The number of carboxylic acids is 1. The minimum Gasteiger partial charge on any atom is -0.496 e. The molecule has 1 aromatic rings. The van der Waals surface area contributed by atoms with Crippen molar-refractivity contribution in [2.75, 3.05) is 20.3 Å². The van der Waals surface area contributed by atoms with Gasteiger partial charge in [-0.15, -0.1) is 0 Å². The molecule has 1 atom stereocenters. The third-order valence-electron chi connectivity index (χ3n) is 5.69. The third kappa shape index (κ3) is 5.38. The van der Waals surface area contributed by atoms with Crippen LogP contribution in [0.4, 0.5) is 4.79 Å². The van der Waals surface area contributed by atoms with E-state index in [0.29, 0.717) is 38.8 Å². The summed E-state index contributed by atoms with van der Waals surface area (Å²) in [6, 6.07) is 7.60. The number of nitrogens with one attached hydrogen (secondary N) is 1. The van der Waals surface area contributed by atoms with Crippen molar-refractivity contribution in [3.63, 3.8) is 0 Å². The maximum absolute atomic E-state index is 13.0. The Morgan fingerprint density at radius 1 is 1.21 bits per heavy atom. The summed E-state index contributed by atoms with van der Waals surface area (Å²) in [5, 5.41) is 12.3. The van der Waals surface area contributed by atoms with E-state index in [2.05, 4.69) is 5.32 Å². The maximum Gasteiger partial charge on any atom is 0.318 e. The highest BCUT2D eigenvalue weighted by Crippen LogP contribution is 2.25. The number of methoxy groups -OCH3 is 1. The lowest BCUT2D eigenvalue weighted by atomic mass is 9.86. The van der Waals surface area contributed by atoms with Gasteiger partial charge in [0.1, 0.15) is 5.75 Å². The number of para-hydroxylation sites is 1. The Hall–Kier alpha value is -2.28. The van der Waals surface area contributed by atoms with Crippen molar-refractivity contribution in [2.24, 2.45) is 5.92 Å². The second kappa shape index (κ2) is 9.78. The number of carbonyl (C=O) groups is 2. The summed E-state index contributed by atoms with van der Waals surface area (Å²) in [5.41, 5.74) is 0.952. The van der Waals surface area contributed by atoms with E-state index >= 15 is 0 Å². The van der Waals surface area contributed by atoms with Crippen molar-refractivity contribution in [3.8, 4) is 5.75 Å². The summed E-state index contributed by atoms with van der Waals surface area (Å²) >= 11 is 0. The smallest absolute Gasteiger partial charge is 0.318 e. The lowest BCUT2D eigenvalue weighted by molar-refractivity contribution is -0.142. The number of carboxylic acid groups (broad SMARTS) is 1. The average Bonchev–Trinajstić information content (AvgIpc) is 3.21. The summed E-state index contributed by atoms with van der Waals surface area (Å²) in [7, 11) is 1.63. The van der Waals surface area contributed by atoms with Gasteiger partial charge < -0.3 is 24.8 Å². The number of urea groups is 1. The third-order valence-corrected chi connectivity index (χ3v) is 5.69. The summed E-state index contributed by atoms with van der Waals surface area (Å²) in [6.45, 7) is 1.72. The predicted octanol–water partition coefficient (Wildman–Crippen LogP) is 3.03. The molecule has 1 aliphatic heterocycles. The fraction of sp³-hybridized carbons (Fsp3) is 0.619. The first-order valence-corrected chi connectivity index (χ1v) is 10.1. The van der Waals surface area contributed by atoms with E-state index in [-0.39, 0.29) is 24.1 Å². The molecule has 2 fully saturated rings. The molecule has 7 heteroatoms. The fourth-order valence-electron chi connectivity index (χ4n) is 4.04. The van der Waals surface area contributed by atoms with Crippen LogP contribution in [0.5, 0.6) is 5.75 Å². The largest absolute Gasteiger partial charge is 0.496 e. The van der Waals surface area contributed by atoms with Crippen LogP contribution in [-0.4, -0.2) is 54.4 Å². The molecule has 2 N–H and O–H groups in total. The van der Waals surface area contributed by atoms with Crippen LogP contribution in [-0.2, 0) is 16.1 Å². The first-order chi connectivity index (χ1) is 13.6. The van der Waals surface area contributed by atoms with Crippen LogP contribution in [0, 0.1) is 5.92 Å². The van der Waals surface area contributed by atoms with Gasteiger partial charge in [0.15, 0.2) is 0 Å². The molecule has 28 heavy (non-hydrogen) atoms. The zero-order valence-corrected chi connectivity index (χ0v) is 16.4. The topological polar surface area (TPSA) is 88.1 Å². The maximum atomic E-state index is 13.0. The van der Waals surface area contributed by atoms with Gasteiger partial charge in [-0.05, 0) is 44.6 Å². The standard InChI is InChI=1S/C21H30N2O5/c1-27-19-7-3-2-5-16(19)13-23(14-18-6-4-12-28-18)21(26)22-17-10-8-15(9-11-17)20(24)25/h2-3,5,7,15,17-18H,4,6,8-14H2,1H3,(H,22,26)(H,24,25). The van der Waals surface area contributed by atoms with Crippen LogP contribution in [0.3, 0.4) is 0 Å². The predicted molar refractivity (Wildman–Crippen MR) is 104 cm³/mol. The number of ether oxygens (including phenoxy) is 2. The van der Waals surface area contributed by atoms with Gasteiger partial charge in [-0.1, -0.05) is 18.2 Å². The average molecular weight is 390 g/mol. The number of carbonyl (C=O) groups excluding carboxylic acids is 1. The van der Waals surface area contributed by atoms with E-state index in [1.54, 1.807) is 12.0 Å². The molecule has 3 rings (SSSR count). The van der Waals surface area contributed by atoms with Crippen molar-refractivity contribution < 1.29 is 24.2 Å². The Balaban J connectivity index is 1.64. The van der Waals surface area contributed by atoms with Gasteiger partial charge in [-0.3, -0.25) is 4.79 Å². The summed E-state index contributed by atoms with van der Waals surface area (Å²) in [4.78, 5) is 25.9. The molecule has 0 radical (unpaired) electrons. The number of rotatable bonds is 7. The van der Waals surface area contributed by atoms with E-state index in [1.165, 1.54) is 0 Å². The summed E-state index contributed by atoms with van der Waals surface area (Å²) < 4.78 is 11.2. The molecule has 1 unspecified atom stereocenters. The van der Waals surface area contributed by atoms with E-state index in [0.717, 1.165) is 30.8 Å². The zero-order valence-electron chi connectivity index (χ0n) is 16.4. The second-order valence-electron chi connectivity index (χ2n) is 7.66. The van der Waals surface area contributed by atoms with Crippen molar-refractivity contribution in [1.82, 2.24) is 10.2 Å². The van der Waals surface area contributed by atoms with Crippen molar-refractivity contribution in [2.45, 2.75) is 57.2 Å². The van der Waals surface area contributed by atoms with Crippen LogP contribution in [0.15, 0.2) is 24.3 Å². The number of hydrogen-bond donors (Lipinski definition) is 2. The highest BCUT2D eigenvalue weighted by molar-refractivity contribution is 5.75. The zero-order chi connectivity index (χ0) is 19.9. The molecule has 1 heterocycles. The minimum absolute atomic E-state index is 0.0211. The number of amides is 2. The van der Waals surface area contributed by atoms with Gasteiger partial charge >= 0.3 is 12.0 Å². The van der Waals surface area contributed by atoms with Gasteiger partial charge in [-0.2, -0.15) is 0 Å². The van der Waals surface area contributed by atoms with Gasteiger partial charge in [0.25, 0.3) is 0 Å². The van der Waals surface area contributed by atoms with Crippen molar-refractivity contribution >= 4 is 12.0 Å². The van der Waals surface area contributed by atoms with Crippen LogP contribution in [0.1, 0.15) is 44.1 Å². The molecule has 1 saturated heterocycles. The monoisotopic (exact) mass is 390 g/mol. The molecular formula is C21H30N2O5. The summed E-state index contributed by atoms with van der Waals surface area (Å²) in [6.07, 6.45) is 4.66. The van der Waals surface area contributed by atoms with E-state index in [9.17, 15) is 9.59 Å². The second-order valence-corrected chi connectivity index (χ2v) is 7.66. The minimum atomic E-state index is -0.735. The van der Waals surface area contributed by atoms with Crippen molar-refractivity contribution in [3.05, 3.63) is 29.8 Å². The van der Waals surface area contributed by atoms with Gasteiger partial charge in [-0.25, -0.2) is 4.79 Å². The van der Waals surface area contributed by atoms with Gasteiger partial charge in [0, 0.05) is 24.8 Å². The van der Waals surface area contributed by atoms with Gasteiger partial charge in [0.05, 0.1) is 25.7 Å². The molecule has 1 aromatic carbocycles. The lowest BCUT2D eigenvalue weighted by Crippen LogP contribution is -2.48. The molecule has 0 aromatic heterocycles. The van der Waals surface area contributed by atoms with E-state index in [4.69, 9.17) is 14.6 Å². The molecule has 1 aliphatic carbocycles. The van der Waals surface area contributed by atoms with E-state index in [1.807, 2.05) is 24.3 Å². The highest BCUT2D eigenvalue weighted by atomic mass is 16.5. The van der Waals surface area contributed by atoms with Gasteiger partial charge in [0.2, 0.25) is 0 Å². The lowest BCUT2D eigenvalue weighted by Gasteiger charge is -2.31. The van der Waals surface area contributed by atoms with Crippen LogP contribution < -0.4 is 10.1 Å². The number of benzene rings is 1. The number of hydrogen-bond acceptors (Lipinski definition) is 4.